The van der Waals surface area contributed by atoms with Crippen molar-refractivity contribution in [3.63, 3.8) is 0 Å². The largest absolute Gasteiger partial charge is 0.542 e. The summed E-state index contributed by atoms with van der Waals surface area (Å²) >= 11 is 0. The van der Waals surface area contributed by atoms with Crippen LogP contribution in [-0.2, 0) is 12.8 Å². The molecule has 0 saturated heterocycles. The number of aromatic nitrogens is 3. The number of furan rings is 1. The Hall–Kier alpha value is -4.05. The zero-order chi connectivity index (χ0) is 28.8. The molecule has 0 fully saturated rings. The highest BCUT2D eigenvalue weighted by molar-refractivity contribution is 6.74. The van der Waals surface area contributed by atoms with Gasteiger partial charge in [0, 0.05) is 23.7 Å². The summed E-state index contributed by atoms with van der Waals surface area (Å²) in [6.07, 6.45) is 2.84. The van der Waals surface area contributed by atoms with Crippen LogP contribution in [-0.4, -0.2) is 22.9 Å². The predicted octanol–water partition coefficient (Wildman–Crippen LogP) is 7.24. The maximum absolute atomic E-state index is 16.0. The molecule has 0 bridgehead atoms. The standard InChI is InChI=1S/C30H30F3N3O3Si/c1-30(2,3)40(4,5)39-26-13-6-10-19(27(26)33)25-17-34-23(16-20-21(31)11-7-12-22(20)32)28-35-24(29(37)36(25)28)15-18-9-8-14-38-18/h6-14,17,34H,15-16H2,1-5H3. The lowest BCUT2D eigenvalue weighted by atomic mass is 10.1. The molecular weight excluding hydrogens is 535 g/mol. The van der Waals surface area contributed by atoms with Gasteiger partial charge in [0.15, 0.2) is 11.6 Å². The lowest BCUT2D eigenvalue weighted by Gasteiger charge is -2.36. The fourth-order valence-corrected chi connectivity index (χ4v) is 5.29. The van der Waals surface area contributed by atoms with E-state index in [1.165, 1.54) is 35.2 Å². The molecule has 10 heteroatoms. The second-order valence-corrected chi connectivity index (χ2v) is 16.0. The summed E-state index contributed by atoms with van der Waals surface area (Å²) in [7, 11) is -2.37. The topological polar surface area (TPSA) is 73.1 Å². The number of halogens is 3. The van der Waals surface area contributed by atoms with Crippen molar-refractivity contribution in [2.45, 2.75) is 51.7 Å². The van der Waals surface area contributed by atoms with Crippen LogP contribution in [0.2, 0.25) is 18.1 Å². The highest BCUT2D eigenvalue weighted by atomic mass is 28.4. The highest BCUT2D eigenvalue weighted by Crippen LogP contribution is 2.39. The Bertz CT molecular complexity index is 1680. The number of hydrogen-bond donors (Lipinski definition) is 1. The Morgan fingerprint density at radius 2 is 1.70 bits per heavy atom. The number of hydrogen-bond acceptors (Lipinski definition) is 4. The molecule has 0 amide bonds. The smallest absolute Gasteiger partial charge is 0.279 e. The molecular formula is C30H30F3N3O3Si. The summed E-state index contributed by atoms with van der Waals surface area (Å²) < 4.78 is 58.0. The van der Waals surface area contributed by atoms with Crippen LogP contribution in [0.1, 0.15) is 43.5 Å². The van der Waals surface area contributed by atoms with E-state index in [9.17, 15) is 13.6 Å². The monoisotopic (exact) mass is 565 g/mol. The Balaban J connectivity index is 1.67. The Morgan fingerprint density at radius 1 is 1.00 bits per heavy atom. The lowest BCUT2D eigenvalue weighted by molar-refractivity contribution is 0.458. The molecule has 0 spiro atoms. The molecule has 0 unspecified atom stereocenters. The zero-order valence-electron chi connectivity index (χ0n) is 22.9. The van der Waals surface area contributed by atoms with E-state index in [-0.39, 0.29) is 52.0 Å². The average Bonchev–Trinajstić information content (AvgIpc) is 3.51. The molecule has 0 radical (unpaired) electrons. The molecule has 0 saturated carbocycles. The summed E-state index contributed by atoms with van der Waals surface area (Å²) in [5.74, 6) is -1.30. The Kier molecular flexibility index (Phi) is 6.99. The second-order valence-electron chi connectivity index (χ2n) is 11.3. The fraction of sp³-hybridized carbons (Fsp3) is 0.267. The van der Waals surface area contributed by atoms with Gasteiger partial charge in [-0.05, 0) is 54.5 Å². The molecule has 0 atom stereocenters. The average molecular weight is 566 g/mol. The van der Waals surface area contributed by atoms with E-state index < -0.39 is 31.3 Å². The molecule has 40 heavy (non-hydrogen) atoms. The molecule has 3 heterocycles. The molecule has 6 nitrogen and oxygen atoms in total. The van der Waals surface area contributed by atoms with Crippen LogP contribution in [0, 0.1) is 17.5 Å². The highest BCUT2D eigenvalue weighted by Gasteiger charge is 2.39. The normalized spacial score (nSPS) is 12.3. The van der Waals surface area contributed by atoms with Gasteiger partial charge in [-0.3, -0.25) is 9.36 Å². The van der Waals surface area contributed by atoms with E-state index in [1.54, 1.807) is 30.3 Å². The fourth-order valence-electron chi connectivity index (χ4n) is 4.28. The summed E-state index contributed by atoms with van der Waals surface area (Å²) in [6, 6.07) is 11.8. The van der Waals surface area contributed by atoms with Crippen LogP contribution in [0.5, 0.6) is 5.75 Å². The first-order valence-electron chi connectivity index (χ1n) is 12.9. The number of benzene rings is 2. The Labute approximate surface area is 230 Å². The molecule has 5 rings (SSSR count). The third-order valence-electron chi connectivity index (χ3n) is 7.54. The number of fused-ring (bicyclic) bond motifs is 1. The lowest BCUT2D eigenvalue weighted by Crippen LogP contribution is -2.44. The van der Waals surface area contributed by atoms with Gasteiger partial charge in [-0.1, -0.05) is 32.9 Å². The van der Waals surface area contributed by atoms with E-state index in [0.29, 0.717) is 11.5 Å². The minimum Gasteiger partial charge on any atom is -0.542 e. The number of H-pyrrole nitrogens is 1. The van der Waals surface area contributed by atoms with Crippen molar-refractivity contribution in [3.05, 3.63) is 112 Å². The van der Waals surface area contributed by atoms with E-state index >= 15 is 4.39 Å². The first-order valence-corrected chi connectivity index (χ1v) is 15.8. The van der Waals surface area contributed by atoms with E-state index in [2.05, 4.69) is 30.7 Å². The van der Waals surface area contributed by atoms with Crippen LogP contribution in [0.15, 0.2) is 70.2 Å². The van der Waals surface area contributed by atoms with Crippen molar-refractivity contribution in [1.82, 2.24) is 14.5 Å². The van der Waals surface area contributed by atoms with Gasteiger partial charge in [-0.15, -0.1) is 0 Å². The molecule has 1 aromatic heterocycles. The van der Waals surface area contributed by atoms with Crippen LogP contribution in [0.3, 0.4) is 0 Å². The first kappa shape index (κ1) is 27.5. The van der Waals surface area contributed by atoms with Gasteiger partial charge in [0.25, 0.3) is 13.9 Å². The molecule has 1 N–H and O–H groups in total. The van der Waals surface area contributed by atoms with Crippen molar-refractivity contribution in [1.29, 1.82) is 0 Å². The van der Waals surface area contributed by atoms with Gasteiger partial charge >= 0.3 is 0 Å². The van der Waals surface area contributed by atoms with E-state index in [4.69, 9.17) is 8.84 Å². The van der Waals surface area contributed by atoms with Crippen molar-refractivity contribution in [3.8, 4) is 22.8 Å². The van der Waals surface area contributed by atoms with Crippen molar-refractivity contribution < 1.29 is 22.0 Å². The predicted molar refractivity (Wildman–Crippen MR) is 149 cm³/mol. The molecule has 2 aromatic carbocycles. The third-order valence-corrected chi connectivity index (χ3v) is 11.9. The number of rotatable bonds is 7. The number of imidazole rings is 1. The molecule has 3 aromatic rings. The molecule has 2 aliphatic rings. The van der Waals surface area contributed by atoms with Crippen LogP contribution >= 0.6 is 0 Å². The maximum Gasteiger partial charge on any atom is 0.279 e. The van der Waals surface area contributed by atoms with Crippen LogP contribution < -0.4 is 9.99 Å². The number of nitrogens with zero attached hydrogens (tertiary/aromatic N) is 2. The summed E-state index contributed by atoms with van der Waals surface area (Å²) in [5.41, 5.74) is 0.118. The van der Waals surface area contributed by atoms with Crippen molar-refractivity contribution >= 4 is 8.32 Å². The van der Waals surface area contributed by atoms with Gasteiger partial charge in [0.05, 0.1) is 24.1 Å². The van der Waals surface area contributed by atoms with Crippen molar-refractivity contribution in [2.24, 2.45) is 0 Å². The summed E-state index contributed by atoms with van der Waals surface area (Å²) in [6.45, 7) is 10.2. The van der Waals surface area contributed by atoms with Gasteiger partial charge in [-0.25, -0.2) is 18.2 Å². The number of nitrogens with one attached hydrogen (secondary N) is 1. The molecule has 0 aliphatic carbocycles. The Morgan fingerprint density at radius 3 is 2.35 bits per heavy atom. The van der Waals surface area contributed by atoms with E-state index in [0.717, 1.165) is 0 Å². The minimum absolute atomic E-state index is 0.0947. The van der Waals surface area contributed by atoms with Crippen molar-refractivity contribution in [2.75, 3.05) is 0 Å². The molecule has 2 aliphatic heterocycles. The second kappa shape index (κ2) is 10.2. The first-order chi connectivity index (χ1) is 18.9. The minimum atomic E-state index is -2.37. The third kappa shape index (κ3) is 4.99. The maximum atomic E-state index is 16.0. The van der Waals surface area contributed by atoms with Gasteiger partial charge < -0.3 is 13.8 Å². The zero-order valence-corrected chi connectivity index (χ0v) is 23.9. The SMILES string of the molecule is CC(C)(C)[Si](C)(C)Oc1cccc(-c2c[nH]c(Cc3c(F)cccc3F)c3nc(Cc4ccco4)c(=O)n2-3)c1F. The quantitative estimate of drug-likeness (QED) is 0.211. The summed E-state index contributed by atoms with van der Waals surface area (Å²) in [5, 5.41) is -0.159. The summed E-state index contributed by atoms with van der Waals surface area (Å²) in [4.78, 5) is 21.3. The number of aromatic amines is 1. The van der Waals surface area contributed by atoms with Crippen LogP contribution in [0.25, 0.3) is 17.1 Å². The van der Waals surface area contributed by atoms with Gasteiger partial charge in [-0.2, -0.15) is 0 Å². The van der Waals surface area contributed by atoms with E-state index in [1.807, 2.05) is 13.1 Å². The molecule has 208 valence electrons. The van der Waals surface area contributed by atoms with Gasteiger partial charge in [0.2, 0.25) is 0 Å². The van der Waals surface area contributed by atoms with Gasteiger partial charge in [0.1, 0.15) is 28.8 Å². The van der Waals surface area contributed by atoms with Crippen LogP contribution in [0.4, 0.5) is 13.2 Å².